The second kappa shape index (κ2) is 7.25. The Kier molecular flexibility index (Phi) is 5.50. The maximum atomic E-state index is 12.2. The molecule has 0 saturated carbocycles. The third-order valence-corrected chi connectivity index (χ3v) is 3.52. The molecule has 0 atom stereocenters. The fourth-order valence-corrected chi connectivity index (χ4v) is 2.42. The van der Waals surface area contributed by atoms with Crippen molar-refractivity contribution in [2.75, 3.05) is 7.11 Å². The van der Waals surface area contributed by atoms with Crippen molar-refractivity contribution in [2.45, 2.75) is 33.3 Å². The maximum absolute atomic E-state index is 12.2. The van der Waals surface area contributed by atoms with Crippen molar-refractivity contribution in [1.82, 2.24) is 4.98 Å². The number of hydrogen-bond donors (Lipinski definition) is 2. The molecule has 0 aliphatic carbocycles. The van der Waals surface area contributed by atoms with Crippen molar-refractivity contribution in [3.8, 4) is 17.0 Å². The first kappa shape index (κ1) is 19.0. The van der Waals surface area contributed by atoms with Gasteiger partial charge in [-0.25, -0.2) is 9.78 Å². The molecular formula is C18H22BNO5. The Labute approximate surface area is 147 Å². The lowest BCUT2D eigenvalue weighted by atomic mass is 9.79. The first-order valence-corrected chi connectivity index (χ1v) is 7.87. The lowest BCUT2D eigenvalue weighted by Gasteiger charge is -2.20. The predicted octanol–water partition coefficient (Wildman–Crippen LogP) is 1.70. The molecule has 2 rings (SSSR count). The Morgan fingerprint density at radius 2 is 1.88 bits per heavy atom. The van der Waals surface area contributed by atoms with E-state index in [9.17, 15) is 14.8 Å². The van der Waals surface area contributed by atoms with Crippen LogP contribution in [0.3, 0.4) is 0 Å². The van der Waals surface area contributed by atoms with Crippen molar-refractivity contribution in [3.63, 3.8) is 0 Å². The quantitative estimate of drug-likeness (QED) is 0.649. The normalized spacial score (nSPS) is 11.2. The van der Waals surface area contributed by atoms with Gasteiger partial charge in [0.05, 0.1) is 12.7 Å². The Morgan fingerprint density at radius 1 is 1.20 bits per heavy atom. The molecular weight excluding hydrogens is 321 g/mol. The summed E-state index contributed by atoms with van der Waals surface area (Å²) in [6.45, 7) is 7.31. The van der Waals surface area contributed by atoms with Crippen LogP contribution in [0.5, 0.6) is 5.88 Å². The second-order valence-electron chi connectivity index (χ2n) is 6.73. The topological polar surface area (TPSA) is 88.9 Å². The Balaban J connectivity index is 2.39. The summed E-state index contributed by atoms with van der Waals surface area (Å²) in [4.78, 5) is 16.3. The van der Waals surface area contributed by atoms with E-state index in [0.717, 1.165) is 11.1 Å². The van der Waals surface area contributed by atoms with E-state index in [1.54, 1.807) is 30.5 Å². The smallest absolute Gasteiger partial charge is 0.481 e. The molecule has 0 aliphatic rings. The van der Waals surface area contributed by atoms with E-state index in [2.05, 4.69) is 4.98 Å². The number of nitrogens with zero attached hydrogens (tertiary/aromatic N) is 1. The zero-order valence-electron chi connectivity index (χ0n) is 15.0. The van der Waals surface area contributed by atoms with Gasteiger partial charge in [-0.05, 0) is 57.0 Å². The van der Waals surface area contributed by atoms with Gasteiger partial charge >= 0.3 is 13.1 Å². The van der Waals surface area contributed by atoms with Crippen LogP contribution < -0.4 is 10.2 Å². The molecule has 2 N–H and O–H groups in total. The molecule has 132 valence electrons. The molecule has 0 saturated heterocycles. The highest BCUT2D eigenvalue weighted by Crippen LogP contribution is 2.25. The standard InChI is InChI=1S/C18H22BNO5/c1-11-8-12(17(21)25-18(2,3)4)6-7-14(11)13-9-15(19(22)23)16(24-5)20-10-13/h6-10,22-23H,1-5H3. The summed E-state index contributed by atoms with van der Waals surface area (Å²) in [6, 6.07) is 6.80. The number of benzene rings is 1. The fourth-order valence-electron chi connectivity index (χ4n) is 2.42. The summed E-state index contributed by atoms with van der Waals surface area (Å²) in [5.41, 5.74) is 2.43. The highest BCUT2D eigenvalue weighted by atomic mass is 16.6. The van der Waals surface area contributed by atoms with E-state index in [0.29, 0.717) is 11.1 Å². The number of aromatic nitrogens is 1. The van der Waals surface area contributed by atoms with Crippen molar-refractivity contribution in [2.24, 2.45) is 0 Å². The number of rotatable bonds is 4. The van der Waals surface area contributed by atoms with Gasteiger partial charge < -0.3 is 19.5 Å². The third kappa shape index (κ3) is 4.58. The van der Waals surface area contributed by atoms with E-state index < -0.39 is 12.7 Å². The van der Waals surface area contributed by atoms with Gasteiger partial charge in [0.15, 0.2) is 0 Å². The SMILES string of the molecule is COc1ncc(-c2ccc(C(=O)OC(C)(C)C)cc2C)cc1B(O)O. The number of carbonyl (C=O) groups is 1. The molecule has 1 aromatic carbocycles. The molecule has 0 amide bonds. The van der Waals surface area contributed by atoms with Crippen LogP contribution in [-0.4, -0.2) is 40.8 Å². The molecule has 25 heavy (non-hydrogen) atoms. The lowest BCUT2D eigenvalue weighted by Crippen LogP contribution is -2.32. The minimum Gasteiger partial charge on any atom is -0.481 e. The van der Waals surface area contributed by atoms with Crippen molar-refractivity contribution >= 4 is 18.6 Å². The monoisotopic (exact) mass is 343 g/mol. The third-order valence-electron chi connectivity index (χ3n) is 3.52. The number of hydrogen-bond acceptors (Lipinski definition) is 6. The summed E-state index contributed by atoms with van der Waals surface area (Å²) < 4.78 is 10.4. The van der Waals surface area contributed by atoms with E-state index in [4.69, 9.17) is 9.47 Å². The number of methoxy groups -OCH3 is 1. The van der Waals surface area contributed by atoms with Gasteiger partial charge in [-0.3, -0.25) is 0 Å². The van der Waals surface area contributed by atoms with E-state index >= 15 is 0 Å². The zero-order valence-corrected chi connectivity index (χ0v) is 15.0. The maximum Gasteiger partial charge on any atom is 0.494 e. The second-order valence-corrected chi connectivity index (χ2v) is 6.73. The average Bonchev–Trinajstić information content (AvgIpc) is 2.52. The van der Waals surface area contributed by atoms with E-state index in [1.807, 2.05) is 27.7 Å². The Hall–Kier alpha value is -2.38. The molecule has 0 bridgehead atoms. The minimum absolute atomic E-state index is 0.154. The number of carbonyl (C=O) groups excluding carboxylic acids is 1. The van der Waals surface area contributed by atoms with Crippen molar-refractivity contribution in [3.05, 3.63) is 41.6 Å². The minimum atomic E-state index is -1.69. The number of aryl methyl sites for hydroxylation is 1. The Bertz CT molecular complexity index is 784. The zero-order chi connectivity index (χ0) is 18.8. The average molecular weight is 343 g/mol. The summed E-state index contributed by atoms with van der Waals surface area (Å²) in [5.74, 6) is -0.233. The van der Waals surface area contributed by atoms with Crippen LogP contribution in [0.25, 0.3) is 11.1 Å². The largest absolute Gasteiger partial charge is 0.494 e. The highest BCUT2D eigenvalue weighted by Gasteiger charge is 2.21. The molecule has 2 aromatic rings. The van der Waals surface area contributed by atoms with Gasteiger partial charge in [-0.2, -0.15) is 0 Å². The summed E-state index contributed by atoms with van der Waals surface area (Å²) >= 11 is 0. The van der Waals surface area contributed by atoms with Gasteiger partial charge in [0.25, 0.3) is 0 Å². The van der Waals surface area contributed by atoms with Crippen LogP contribution in [0.15, 0.2) is 30.5 Å². The van der Waals surface area contributed by atoms with Gasteiger partial charge in [0.1, 0.15) is 5.60 Å². The number of esters is 1. The van der Waals surface area contributed by atoms with E-state index in [1.165, 1.54) is 7.11 Å². The van der Waals surface area contributed by atoms with Gasteiger partial charge in [0.2, 0.25) is 5.88 Å². The van der Waals surface area contributed by atoms with Gasteiger partial charge in [-0.1, -0.05) is 6.07 Å². The predicted molar refractivity (Wildman–Crippen MR) is 96.0 cm³/mol. The summed E-state index contributed by atoms with van der Waals surface area (Å²) in [6.07, 6.45) is 1.58. The molecule has 0 spiro atoms. The van der Waals surface area contributed by atoms with Crippen LogP contribution in [0.2, 0.25) is 0 Å². The fraction of sp³-hybridized carbons (Fsp3) is 0.333. The molecule has 0 radical (unpaired) electrons. The van der Waals surface area contributed by atoms with Gasteiger partial charge in [0, 0.05) is 17.2 Å². The number of ether oxygens (including phenoxy) is 2. The molecule has 7 heteroatoms. The molecule has 0 fully saturated rings. The highest BCUT2D eigenvalue weighted by molar-refractivity contribution is 6.59. The molecule has 0 unspecified atom stereocenters. The van der Waals surface area contributed by atoms with Crippen LogP contribution in [0.1, 0.15) is 36.7 Å². The first-order chi connectivity index (χ1) is 11.6. The van der Waals surface area contributed by atoms with Crippen LogP contribution >= 0.6 is 0 Å². The van der Waals surface area contributed by atoms with Crippen molar-refractivity contribution < 1.29 is 24.3 Å². The lowest BCUT2D eigenvalue weighted by molar-refractivity contribution is 0.00694. The molecule has 1 heterocycles. The molecule has 6 nitrogen and oxygen atoms in total. The van der Waals surface area contributed by atoms with Crippen molar-refractivity contribution in [1.29, 1.82) is 0 Å². The van der Waals surface area contributed by atoms with E-state index in [-0.39, 0.29) is 17.3 Å². The molecule has 1 aromatic heterocycles. The van der Waals surface area contributed by atoms with Gasteiger partial charge in [-0.15, -0.1) is 0 Å². The summed E-state index contributed by atoms with van der Waals surface area (Å²) in [5, 5.41) is 19.0. The first-order valence-electron chi connectivity index (χ1n) is 7.87. The van der Waals surface area contributed by atoms with Crippen LogP contribution in [0.4, 0.5) is 0 Å². The summed E-state index contributed by atoms with van der Waals surface area (Å²) in [7, 11) is -0.280. The number of pyridine rings is 1. The van der Waals surface area contributed by atoms with Crippen LogP contribution in [0, 0.1) is 6.92 Å². The molecule has 0 aliphatic heterocycles. The Morgan fingerprint density at radius 3 is 2.40 bits per heavy atom. The van der Waals surface area contributed by atoms with Crippen LogP contribution in [-0.2, 0) is 4.74 Å².